The van der Waals surface area contributed by atoms with E-state index in [1.807, 2.05) is 24.3 Å². The van der Waals surface area contributed by atoms with E-state index in [1.165, 1.54) is 10.9 Å². The summed E-state index contributed by atoms with van der Waals surface area (Å²) in [6.07, 6.45) is 0. The van der Waals surface area contributed by atoms with Crippen LogP contribution in [0.4, 0.5) is 0 Å². The van der Waals surface area contributed by atoms with Crippen molar-refractivity contribution in [2.45, 2.75) is 0 Å². The summed E-state index contributed by atoms with van der Waals surface area (Å²) in [6.45, 7) is 0. The molecule has 2 rings (SSSR count). The maximum Gasteiger partial charge on any atom is 0.191 e. The third-order valence-electron chi connectivity index (χ3n) is 2.07. The van der Waals surface area contributed by atoms with Gasteiger partial charge >= 0.3 is 0 Å². The molecule has 0 N–H and O–H groups in total. The number of rotatable bonds is 2. The summed E-state index contributed by atoms with van der Waals surface area (Å²) in [6, 6.07) is 16.5. The normalized spacial score (nSPS) is 10.0. The molecule has 0 fully saturated rings. The first-order valence-corrected chi connectivity index (χ1v) is 6.18. The van der Waals surface area contributed by atoms with Gasteiger partial charge in [0.2, 0.25) is 0 Å². The Morgan fingerprint density at radius 3 is 1.27 bits per heavy atom. The van der Waals surface area contributed by atoms with E-state index in [-0.39, 0.29) is 0 Å². The van der Waals surface area contributed by atoms with Gasteiger partial charge < -0.3 is 0 Å². The lowest BCUT2D eigenvalue weighted by molar-refractivity contribution is 1.68. The maximum atomic E-state index is 3.42. The molecule has 0 bridgehead atoms. The van der Waals surface area contributed by atoms with Gasteiger partial charge in [-0.15, -0.1) is 0 Å². The summed E-state index contributed by atoms with van der Waals surface area (Å²) in [5, 5.41) is 0. The Kier molecular flexibility index (Phi) is 3.65. The van der Waals surface area contributed by atoms with Gasteiger partial charge in [-0.1, -0.05) is 67.1 Å². The Bertz CT molecular complexity index is 391. The van der Waals surface area contributed by atoms with Crippen molar-refractivity contribution in [2.75, 3.05) is 0 Å². The summed E-state index contributed by atoms with van der Waals surface area (Å²) in [4.78, 5) is 0. The van der Waals surface area contributed by atoms with Crippen LogP contribution in [0.15, 0.2) is 57.5 Å². The highest BCUT2D eigenvalue weighted by atomic mass is 79.9. The molecule has 0 spiro atoms. The van der Waals surface area contributed by atoms with Gasteiger partial charge in [0.05, 0.1) is 0 Å². The van der Waals surface area contributed by atoms with Gasteiger partial charge in [-0.05, 0) is 24.3 Å². The predicted octanol–water partition coefficient (Wildman–Crippen LogP) is 2.87. The van der Waals surface area contributed by atoms with Crippen molar-refractivity contribution in [3.63, 3.8) is 0 Å². The van der Waals surface area contributed by atoms with Crippen molar-refractivity contribution < 1.29 is 0 Å². The highest BCUT2D eigenvalue weighted by molar-refractivity contribution is 9.10. The molecule has 73 valence electrons. The first-order valence-electron chi connectivity index (χ1n) is 4.60. The van der Waals surface area contributed by atoms with Crippen LogP contribution in [0, 0.1) is 0 Å². The Morgan fingerprint density at radius 2 is 0.933 bits per heavy atom. The molecule has 0 aliphatic carbocycles. The summed E-state index contributed by atoms with van der Waals surface area (Å²) < 4.78 is 2.21. The van der Waals surface area contributed by atoms with Crippen molar-refractivity contribution in [3.8, 4) is 0 Å². The molecule has 0 amide bonds. The zero-order valence-electron chi connectivity index (χ0n) is 7.95. The van der Waals surface area contributed by atoms with Crippen molar-refractivity contribution in [1.82, 2.24) is 0 Å². The van der Waals surface area contributed by atoms with Crippen LogP contribution < -0.4 is 10.9 Å². The summed E-state index contributed by atoms with van der Waals surface area (Å²) in [7, 11) is 2.15. The largest absolute Gasteiger partial charge is 0.191 e. The minimum absolute atomic E-state index is 1.11. The van der Waals surface area contributed by atoms with Crippen molar-refractivity contribution in [3.05, 3.63) is 57.5 Å². The monoisotopic (exact) mass is 321 g/mol. The van der Waals surface area contributed by atoms with Crippen LogP contribution in [0.25, 0.3) is 0 Å². The molecule has 0 nitrogen and oxygen atoms in total. The Balaban J connectivity index is 2.15. The van der Waals surface area contributed by atoms with Crippen LogP contribution >= 0.6 is 31.9 Å². The van der Waals surface area contributed by atoms with Gasteiger partial charge in [0.1, 0.15) is 0 Å². The maximum absolute atomic E-state index is 3.42. The molecule has 0 heterocycles. The Hall–Kier alpha value is -0.535. The SMILES string of the molecule is Brc1ccc([B]c2ccc(Br)cc2)cc1. The van der Waals surface area contributed by atoms with Gasteiger partial charge in [0.15, 0.2) is 7.28 Å². The van der Waals surface area contributed by atoms with Crippen LogP contribution in [0.3, 0.4) is 0 Å². The third kappa shape index (κ3) is 3.21. The van der Waals surface area contributed by atoms with E-state index in [9.17, 15) is 0 Å². The fourth-order valence-corrected chi connectivity index (χ4v) is 1.84. The molecule has 0 unspecified atom stereocenters. The molecular weight excluding hydrogens is 315 g/mol. The molecule has 0 aliphatic heterocycles. The van der Waals surface area contributed by atoms with Crippen molar-refractivity contribution >= 4 is 50.1 Å². The molecule has 2 aromatic carbocycles. The number of halogens is 2. The van der Waals surface area contributed by atoms with Crippen LogP contribution in [0.2, 0.25) is 0 Å². The van der Waals surface area contributed by atoms with Gasteiger partial charge in [-0.25, -0.2) is 0 Å². The van der Waals surface area contributed by atoms with Crippen LogP contribution in [-0.4, -0.2) is 7.28 Å². The van der Waals surface area contributed by atoms with E-state index in [0.717, 1.165) is 8.95 Å². The third-order valence-corrected chi connectivity index (χ3v) is 3.13. The molecule has 0 saturated carbocycles. The van der Waals surface area contributed by atoms with Crippen LogP contribution in [0.1, 0.15) is 0 Å². The van der Waals surface area contributed by atoms with E-state index in [1.54, 1.807) is 0 Å². The molecule has 0 saturated heterocycles. The molecule has 1 radical (unpaired) electrons. The van der Waals surface area contributed by atoms with Crippen LogP contribution in [0.5, 0.6) is 0 Å². The second-order valence-electron chi connectivity index (χ2n) is 3.25. The van der Waals surface area contributed by atoms with E-state index in [2.05, 4.69) is 63.4 Å². The average Bonchev–Trinajstić information content (AvgIpc) is 2.25. The van der Waals surface area contributed by atoms with E-state index in [0.29, 0.717) is 0 Å². The van der Waals surface area contributed by atoms with Crippen molar-refractivity contribution in [1.29, 1.82) is 0 Å². The lowest BCUT2D eigenvalue weighted by Gasteiger charge is -2.00. The number of hydrogen-bond acceptors (Lipinski definition) is 0. The van der Waals surface area contributed by atoms with Gasteiger partial charge in [0.25, 0.3) is 0 Å². The second kappa shape index (κ2) is 5.00. The zero-order chi connectivity index (χ0) is 10.7. The molecule has 0 atom stereocenters. The van der Waals surface area contributed by atoms with Crippen LogP contribution in [-0.2, 0) is 0 Å². The lowest BCUT2D eigenvalue weighted by atomic mass is 9.64. The molecule has 2 aromatic rings. The fraction of sp³-hybridized carbons (Fsp3) is 0. The summed E-state index contributed by atoms with van der Waals surface area (Å²) >= 11 is 6.84. The first-order chi connectivity index (χ1) is 7.24. The van der Waals surface area contributed by atoms with E-state index >= 15 is 0 Å². The quantitative estimate of drug-likeness (QED) is 0.746. The topological polar surface area (TPSA) is 0 Å². The van der Waals surface area contributed by atoms with E-state index < -0.39 is 0 Å². The number of hydrogen-bond donors (Lipinski definition) is 0. The zero-order valence-corrected chi connectivity index (χ0v) is 11.1. The highest BCUT2D eigenvalue weighted by Crippen LogP contribution is 2.06. The first kappa shape index (κ1) is 11.0. The standard InChI is InChI=1S/C12H8BBr2/c14-11-5-1-9(2-6-11)13-10-3-7-12(15)8-4-10/h1-8H. The summed E-state index contributed by atoms with van der Waals surface area (Å²) in [5.41, 5.74) is 2.42. The summed E-state index contributed by atoms with van der Waals surface area (Å²) in [5.74, 6) is 0. The Labute approximate surface area is 107 Å². The molecule has 0 aromatic heterocycles. The lowest BCUT2D eigenvalue weighted by Crippen LogP contribution is -2.26. The van der Waals surface area contributed by atoms with Gasteiger partial charge in [-0.3, -0.25) is 0 Å². The highest BCUT2D eigenvalue weighted by Gasteiger charge is 1.98. The fourth-order valence-electron chi connectivity index (χ4n) is 1.31. The smallest absolute Gasteiger partial charge is 0.0814 e. The molecule has 0 aliphatic rings. The average molecular weight is 323 g/mol. The van der Waals surface area contributed by atoms with Gasteiger partial charge in [-0.2, -0.15) is 0 Å². The van der Waals surface area contributed by atoms with Crippen molar-refractivity contribution in [2.24, 2.45) is 0 Å². The minimum Gasteiger partial charge on any atom is -0.0814 e. The Morgan fingerprint density at radius 1 is 0.600 bits per heavy atom. The number of benzene rings is 2. The second-order valence-corrected chi connectivity index (χ2v) is 5.08. The molecular formula is C12H8BBr2. The molecule has 15 heavy (non-hydrogen) atoms. The predicted molar refractivity (Wildman–Crippen MR) is 73.3 cm³/mol. The van der Waals surface area contributed by atoms with E-state index in [4.69, 9.17) is 0 Å². The molecule has 3 heteroatoms. The minimum atomic E-state index is 1.11. The van der Waals surface area contributed by atoms with Gasteiger partial charge in [0, 0.05) is 8.95 Å².